The van der Waals surface area contributed by atoms with Crippen molar-refractivity contribution in [1.29, 1.82) is 0 Å². The normalized spacial score (nSPS) is 13.8. The first kappa shape index (κ1) is 22.4. The van der Waals surface area contributed by atoms with Crippen molar-refractivity contribution >= 4 is 17.6 Å². The van der Waals surface area contributed by atoms with E-state index in [0.29, 0.717) is 25.6 Å². The minimum absolute atomic E-state index is 0.00456. The van der Waals surface area contributed by atoms with Crippen LogP contribution in [0.1, 0.15) is 38.8 Å². The molecule has 0 saturated heterocycles. The van der Waals surface area contributed by atoms with E-state index in [9.17, 15) is 9.90 Å². The van der Waals surface area contributed by atoms with E-state index in [-0.39, 0.29) is 11.8 Å². The lowest BCUT2D eigenvalue weighted by atomic mass is 10.00. The number of nitrogens with zero attached hydrogens (tertiary/aromatic N) is 3. The average molecular weight is 401 g/mol. The predicted molar refractivity (Wildman–Crippen MR) is 116 cm³/mol. The second-order valence-corrected chi connectivity index (χ2v) is 7.57. The standard InChI is InChI=1S/C21H32N6O2/c1-6-22-20(24-14-21(4,29)17-12-25-27(5)13-17)23-11-16-7-9-18(10-8-16)26-19(28)15(2)3/h7-10,12-13,15,29H,6,11,14H2,1-5H3,(H,26,28)(H2,22,23,24). The molecule has 4 N–H and O–H groups in total. The Bertz CT molecular complexity index is 824. The van der Waals surface area contributed by atoms with Crippen molar-refractivity contribution in [3.05, 3.63) is 47.8 Å². The molecule has 29 heavy (non-hydrogen) atoms. The van der Waals surface area contributed by atoms with E-state index in [0.717, 1.165) is 16.8 Å². The molecule has 1 unspecified atom stereocenters. The summed E-state index contributed by atoms with van der Waals surface area (Å²) in [6.45, 7) is 8.93. The van der Waals surface area contributed by atoms with Crippen molar-refractivity contribution in [2.75, 3.05) is 18.4 Å². The summed E-state index contributed by atoms with van der Waals surface area (Å²) in [7, 11) is 1.82. The molecule has 0 aliphatic heterocycles. The van der Waals surface area contributed by atoms with E-state index in [1.54, 1.807) is 24.0 Å². The number of hydrogen-bond acceptors (Lipinski definition) is 4. The number of benzene rings is 1. The first-order chi connectivity index (χ1) is 13.7. The summed E-state index contributed by atoms with van der Waals surface area (Å²) in [5, 5.41) is 24.1. The van der Waals surface area contributed by atoms with Gasteiger partial charge in [0.05, 0.1) is 19.3 Å². The number of nitrogens with one attached hydrogen (secondary N) is 3. The maximum absolute atomic E-state index is 11.8. The largest absolute Gasteiger partial charge is 0.383 e. The Kier molecular flexibility index (Phi) is 7.78. The molecule has 1 atom stereocenters. The summed E-state index contributed by atoms with van der Waals surface area (Å²) in [6.07, 6.45) is 3.46. The number of aryl methyl sites for hydroxylation is 1. The molecule has 0 aliphatic carbocycles. The maximum atomic E-state index is 11.8. The van der Waals surface area contributed by atoms with E-state index in [2.05, 4.69) is 26.0 Å². The van der Waals surface area contributed by atoms with Gasteiger partial charge in [-0.1, -0.05) is 26.0 Å². The summed E-state index contributed by atoms with van der Waals surface area (Å²) >= 11 is 0. The lowest BCUT2D eigenvalue weighted by molar-refractivity contribution is -0.118. The number of carbonyl (C=O) groups is 1. The highest BCUT2D eigenvalue weighted by atomic mass is 16.3. The van der Waals surface area contributed by atoms with Gasteiger partial charge >= 0.3 is 0 Å². The first-order valence-electron chi connectivity index (χ1n) is 9.84. The summed E-state index contributed by atoms with van der Waals surface area (Å²) in [4.78, 5) is 16.3. The molecule has 0 bridgehead atoms. The number of amides is 1. The zero-order valence-corrected chi connectivity index (χ0v) is 17.9. The molecule has 2 aromatic rings. The number of aromatic nitrogens is 2. The van der Waals surface area contributed by atoms with Crippen molar-refractivity contribution < 1.29 is 9.90 Å². The van der Waals surface area contributed by atoms with E-state index in [4.69, 9.17) is 0 Å². The average Bonchev–Trinajstić information content (AvgIpc) is 3.12. The fraction of sp³-hybridized carbons (Fsp3) is 0.476. The van der Waals surface area contributed by atoms with Crippen LogP contribution in [0.4, 0.5) is 5.69 Å². The minimum atomic E-state index is -1.07. The highest BCUT2D eigenvalue weighted by Crippen LogP contribution is 2.18. The van der Waals surface area contributed by atoms with Crippen LogP contribution in [0.15, 0.2) is 41.7 Å². The lowest BCUT2D eigenvalue weighted by Crippen LogP contribution is -2.44. The number of guanidine groups is 1. The summed E-state index contributed by atoms with van der Waals surface area (Å²) in [5.41, 5.74) is 1.46. The Morgan fingerprint density at radius 3 is 2.52 bits per heavy atom. The van der Waals surface area contributed by atoms with Crippen LogP contribution in [0, 0.1) is 5.92 Å². The van der Waals surface area contributed by atoms with Crippen molar-refractivity contribution in [3.63, 3.8) is 0 Å². The van der Waals surface area contributed by atoms with Crippen molar-refractivity contribution in [3.8, 4) is 0 Å². The second kappa shape index (κ2) is 10.1. The quantitative estimate of drug-likeness (QED) is 0.401. The van der Waals surface area contributed by atoms with Crippen LogP contribution < -0.4 is 16.0 Å². The molecule has 1 aromatic carbocycles. The van der Waals surface area contributed by atoms with Gasteiger partial charge in [-0.25, -0.2) is 4.99 Å². The maximum Gasteiger partial charge on any atom is 0.226 e. The fourth-order valence-electron chi connectivity index (χ4n) is 2.55. The van der Waals surface area contributed by atoms with Gasteiger partial charge in [0, 0.05) is 37.0 Å². The highest BCUT2D eigenvalue weighted by molar-refractivity contribution is 5.92. The monoisotopic (exact) mass is 400 g/mol. The van der Waals surface area contributed by atoms with Gasteiger partial charge in [0.1, 0.15) is 5.60 Å². The van der Waals surface area contributed by atoms with Crippen LogP contribution >= 0.6 is 0 Å². The zero-order chi connectivity index (χ0) is 21.4. The molecule has 8 heteroatoms. The summed E-state index contributed by atoms with van der Waals surface area (Å²) < 4.78 is 1.66. The third-order valence-corrected chi connectivity index (χ3v) is 4.44. The molecule has 2 rings (SSSR count). The topological polar surface area (TPSA) is 104 Å². The van der Waals surface area contributed by atoms with Crippen LogP contribution in [0.2, 0.25) is 0 Å². The Labute approximate surface area is 172 Å². The third-order valence-electron chi connectivity index (χ3n) is 4.44. The van der Waals surface area contributed by atoms with Gasteiger partial charge in [0.25, 0.3) is 0 Å². The van der Waals surface area contributed by atoms with Gasteiger partial charge in [0.2, 0.25) is 5.91 Å². The predicted octanol–water partition coefficient (Wildman–Crippen LogP) is 1.98. The number of carbonyl (C=O) groups excluding carboxylic acids is 1. The fourth-order valence-corrected chi connectivity index (χ4v) is 2.55. The molecule has 0 spiro atoms. The van der Waals surface area contributed by atoms with E-state index < -0.39 is 5.60 Å². The molecule has 8 nitrogen and oxygen atoms in total. The molecule has 158 valence electrons. The molecule has 0 aliphatic rings. The highest BCUT2D eigenvalue weighted by Gasteiger charge is 2.25. The van der Waals surface area contributed by atoms with Gasteiger partial charge in [-0.3, -0.25) is 9.48 Å². The summed E-state index contributed by atoms with van der Waals surface area (Å²) in [5.74, 6) is 0.556. The first-order valence-corrected chi connectivity index (χ1v) is 9.84. The molecule has 0 radical (unpaired) electrons. The number of aliphatic imine (C=N–C) groups is 1. The van der Waals surface area contributed by atoms with Gasteiger partial charge in [-0.05, 0) is 31.5 Å². The molecule has 1 amide bonds. The van der Waals surface area contributed by atoms with Crippen LogP contribution in [-0.2, 0) is 24.0 Å². The SMILES string of the molecule is CCNC(=NCc1ccc(NC(=O)C(C)C)cc1)NCC(C)(O)c1cnn(C)c1. The molecule has 1 aromatic heterocycles. The van der Waals surface area contributed by atoms with E-state index in [1.807, 2.05) is 52.1 Å². The van der Waals surface area contributed by atoms with Crippen LogP contribution in [0.5, 0.6) is 0 Å². The molecular weight excluding hydrogens is 368 g/mol. The Balaban J connectivity index is 1.97. The Morgan fingerprint density at radius 1 is 1.28 bits per heavy atom. The number of aliphatic hydroxyl groups is 1. The Hall–Kier alpha value is -2.87. The third kappa shape index (κ3) is 6.90. The molecular formula is C21H32N6O2. The van der Waals surface area contributed by atoms with Crippen molar-refractivity contribution in [1.82, 2.24) is 20.4 Å². The molecule has 1 heterocycles. The van der Waals surface area contributed by atoms with Crippen LogP contribution in [-0.4, -0.2) is 39.8 Å². The van der Waals surface area contributed by atoms with Crippen molar-refractivity contribution in [2.24, 2.45) is 18.0 Å². The lowest BCUT2D eigenvalue weighted by Gasteiger charge is -2.23. The van der Waals surface area contributed by atoms with Crippen LogP contribution in [0.25, 0.3) is 0 Å². The smallest absolute Gasteiger partial charge is 0.226 e. The van der Waals surface area contributed by atoms with Gasteiger partial charge in [-0.15, -0.1) is 0 Å². The minimum Gasteiger partial charge on any atom is -0.383 e. The van der Waals surface area contributed by atoms with Gasteiger partial charge < -0.3 is 21.1 Å². The number of hydrogen-bond donors (Lipinski definition) is 4. The van der Waals surface area contributed by atoms with Crippen molar-refractivity contribution in [2.45, 2.75) is 39.8 Å². The van der Waals surface area contributed by atoms with E-state index in [1.165, 1.54) is 0 Å². The van der Waals surface area contributed by atoms with Gasteiger partial charge in [0.15, 0.2) is 5.96 Å². The zero-order valence-electron chi connectivity index (χ0n) is 17.9. The Morgan fingerprint density at radius 2 is 1.97 bits per heavy atom. The second-order valence-electron chi connectivity index (χ2n) is 7.57. The summed E-state index contributed by atoms with van der Waals surface area (Å²) in [6, 6.07) is 7.63. The number of rotatable bonds is 8. The number of anilines is 1. The van der Waals surface area contributed by atoms with Gasteiger partial charge in [-0.2, -0.15) is 5.10 Å². The van der Waals surface area contributed by atoms with E-state index >= 15 is 0 Å². The van der Waals surface area contributed by atoms with Crippen LogP contribution in [0.3, 0.4) is 0 Å². The molecule has 0 fully saturated rings. The molecule has 0 saturated carbocycles.